The van der Waals surface area contributed by atoms with E-state index < -0.39 is 10.0 Å². The lowest BCUT2D eigenvalue weighted by Gasteiger charge is -2.19. The fourth-order valence-electron chi connectivity index (χ4n) is 2.42. The van der Waals surface area contributed by atoms with Crippen LogP contribution < -0.4 is 5.32 Å². The van der Waals surface area contributed by atoms with Crippen molar-refractivity contribution in [3.63, 3.8) is 0 Å². The highest BCUT2D eigenvalue weighted by atomic mass is 79.9. The smallest absolute Gasteiger partial charge is 0.251 e. The van der Waals surface area contributed by atoms with Gasteiger partial charge in [0.2, 0.25) is 10.0 Å². The SMILES string of the molecule is CCC(NC(=O)c1ccc(Br)c(S(=O)(=O)N(C)C)c1)c1cccc(Cl)c1. The number of carbonyl (C=O) groups is 1. The fourth-order valence-corrected chi connectivity index (χ4v) is 4.47. The molecule has 0 aliphatic rings. The van der Waals surface area contributed by atoms with E-state index in [0.29, 0.717) is 15.9 Å². The minimum absolute atomic E-state index is 0.0472. The summed E-state index contributed by atoms with van der Waals surface area (Å²) in [7, 11) is -0.776. The summed E-state index contributed by atoms with van der Waals surface area (Å²) in [5.41, 5.74) is 1.17. The van der Waals surface area contributed by atoms with Crippen molar-refractivity contribution in [3.8, 4) is 0 Å². The summed E-state index contributed by atoms with van der Waals surface area (Å²) in [5, 5.41) is 3.53. The third-order valence-electron chi connectivity index (χ3n) is 3.92. The van der Waals surface area contributed by atoms with Crippen LogP contribution in [-0.2, 0) is 10.0 Å². The number of nitrogens with one attached hydrogen (secondary N) is 1. The molecule has 0 spiro atoms. The van der Waals surface area contributed by atoms with Gasteiger partial charge in [0.1, 0.15) is 0 Å². The molecule has 0 heterocycles. The zero-order chi connectivity index (χ0) is 19.5. The summed E-state index contributed by atoms with van der Waals surface area (Å²) in [4.78, 5) is 12.7. The Kier molecular flexibility index (Phi) is 6.85. The third-order valence-corrected chi connectivity index (χ3v) is 6.96. The number of amides is 1. The molecule has 0 aromatic heterocycles. The van der Waals surface area contributed by atoms with Crippen molar-refractivity contribution in [2.24, 2.45) is 0 Å². The summed E-state index contributed by atoms with van der Waals surface area (Å²) in [6.07, 6.45) is 0.672. The number of carbonyl (C=O) groups excluding carboxylic acids is 1. The largest absolute Gasteiger partial charge is 0.345 e. The van der Waals surface area contributed by atoms with Crippen molar-refractivity contribution in [1.29, 1.82) is 0 Å². The minimum Gasteiger partial charge on any atom is -0.345 e. The van der Waals surface area contributed by atoms with Crippen molar-refractivity contribution in [3.05, 3.63) is 63.1 Å². The maximum absolute atomic E-state index is 12.7. The number of halogens is 2. The van der Waals surface area contributed by atoms with Gasteiger partial charge in [0.15, 0.2) is 0 Å². The van der Waals surface area contributed by atoms with Gasteiger partial charge >= 0.3 is 0 Å². The number of nitrogens with zero attached hydrogens (tertiary/aromatic N) is 1. The Bertz CT molecular complexity index is 916. The predicted octanol–water partition coefficient (Wildman–Crippen LogP) is 4.23. The van der Waals surface area contributed by atoms with Gasteiger partial charge in [-0.3, -0.25) is 4.79 Å². The number of sulfonamides is 1. The van der Waals surface area contributed by atoms with Crippen molar-refractivity contribution >= 4 is 43.5 Å². The van der Waals surface area contributed by atoms with Crippen LogP contribution in [0.4, 0.5) is 0 Å². The Morgan fingerprint density at radius 3 is 2.50 bits per heavy atom. The maximum Gasteiger partial charge on any atom is 0.251 e. The van der Waals surface area contributed by atoms with E-state index in [-0.39, 0.29) is 22.4 Å². The summed E-state index contributed by atoms with van der Waals surface area (Å²) >= 11 is 9.27. The molecule has 2 rings (SSSR count). The molecule has 1 N–H and O–H groups in total. The van der Waals surface area contributed by atoms with Crippen LogP contribution in [0.5, 0.6) is 0 Å². The standard InChI is InChI=1S/C18H20BrClN2O3S/c1-4-16(12-6-5-7-14(20)10-12)21-18(23)13-8-9-15(19)17(11-13)26(24,25)22(2)3/h5-11,16H,4H2,1-3H3,(H,21,23). The summed E-state index contributed by atoms with van der Waals surface area (Å²) in [6.45, 7) is 1.95. The first-order chi connectivity index (χ1) is 12.2. The van der Waals surface area contributed by atoms with E-state index in [1.807, 2.05) is 19.1 Å². The number of hydrogen-bond acceptors (Lipinski definition) is 3. The molecule has 8 heteroatoms. The van der Waals surface area contributed by atoms with Crippen LogP contribution >= 0.6 is 27.5 Å². The van der Waals surface area contributed by atoms with Gasteiger partial charge in [0, 0.05) is 29.2 Å². The van der Waals surface area contributed by atoms with E-state index >= 15 is 0 Å². The molecule has 140 valence electrons. The molecule has 0 bridgehead atoms. The Morgan fingerprint density at radius 1 is 1.23 bits per heavy atom. The highest BCUT2D eigenvalue weighted by Crippen LogP contribution is 2.26. The molecular weight excluding hydrogens is 440 g/mol. The van der Waals surface area contributed by atoms with Crippen LogP contribution in [-0.4, -0.2) is 32.7 Å². The first-order valence-corrected chi connectivity index (χ1v) is 10.6. The van der Waals surface area contributed by atoms with Crippen LogP contribution in [0.25, 0.3) is 0 Å². The van der Waals surface area contributed by atoms with Crippen LogP contribution in [0, 0.1) is 0 Å². The second-order valence-corrected chi connectivity index (χ2v) is 9.33. The fraction of sp³-hybridized carbons (Fsp3) is 0.278. The molecule has 0 aliphatic carbocycles. The van der Waals surface area contributed by atoms with Crippen molar-refractivity contribution in [2.75, 3.05) is 14.1 Å². The zero-order valence-electron chi connectivity index (χ0n) is 14.7. The molecule has 0 saturated carbocycles. The number of hydrogen-bond donors (Lipinski definition) is 1. The van der Waals surface area contributed by atoms with Crippen LogP contribution in [0.2, 0.25) is 5.02 Å². The Morgan fingerprint density at radius 2 is 1.92 bits per heavy atom. The maximum atomic E-state index is 12.7. The van der Waals surface area contributed by atoms with Gasteiger partial charge in [-0.25, -0.2) is 12.7 Å². The lowest BCUT2D eigenvalue weighted by molar-refractivity contribution is 0.0935. The van der Waals surface area contributed by atoms with E-state index in [0.717, 1.165) is 9.87 Å². The predicted molar refractivity (Wildman–Crippen MR) is 107 cm³/mol. The second kappa shape index (κ2) is 8.52. The van der Waals surface area contributed by atoms with Gasteiger partial charge in [-0.1, -0.05) is 30.7 Å². The summed E-state index contributed by atoms with van der Waals surface area (Å²) < 4.78 is 26.3. The summed E-state index contributed by atoms with van der Waals surface area (Å²) in [6, 6.07) is 11.6. The third kappa shape index (κ3) is 4.65. The lowest BCUT2D eigenvalue weighted by Crippen LogP contribution is -2.29. The monoisotopic (exact) mass is 458 g/mol. The average Bonchev–Trinajstić information content (AvgIpc) is 2.59. The van der Waals surface area contributed by atoms with E-state index in [4.69, 9.17) is 11.6 Å². The molecule has 0 aliphatic heterocycles. The average molecular weight is 460 g/mol. The molecule has 1 amide bonds. The highest BCUT2D eigenvalue weighted by Gasteiger charge is 2.23. The topological polar surface area (TPSA) is 66.5 Å². The second-order valence-electron chi connectivity index (χ2n) is 5.92. The van der Waals surface area contributed by atoms with Crippen molar-refractivity contribution in [1.82, 2.24) is 9.62 Å². The minimum atomic E-state index is -3.67. The Hall–Kier alpha value is -1.41. The van der Waals surface area contributed by atoms with Crippen molar-refractivity contribution < 1.29 is 13.2 Å². The van der Waals surface area contributed by atoms with Gasteiger partial charge in [0.05, 0.1) is 10.9 Å². The number of benzene rings is 2. The number of rotatable bonds is 6. The van der Waals surface area contributed by atoms with E-state index in [1.165, 1.54) is 20.2 Å². The van der Waals surface area contributed by atoms with Gasteiger partial charge in [-0.2, -0.15) is 0 Å². The first kappa shape index (κ1) is 20.9. The lowest BCUT2D eigenvalue weighted by atomic mass is 10.0. The highest BCUT2D eigenvalue weighted by molar-refractivity contribution is 9.10. The van der Waals surface area contributed by atoms with Crippen LogP contribution in [0.15, 0.2) is 51.8 Å². The molecule has 2 aromatic carbocycles. The molecule has 26 heavy (non-hydrogen) atoms. The van der Waals surface area contributed by atoms with Crippen molar-refractivity contribution in [2.45, 2.75) is 24.3 Å². The van der Waals surface area contributed by atoms with E-state index in [1.54, 1.807) is 24.3 Å². The molecule has 1 unspecified atom stereocenters. The molecule has 0 fully saturated rings. The molecule has 0 saturated heterocycles. The van der Waals surface area contributed by atoms with Gasteiger partial charge < -0.3 is 5.32 Å². The van der Waals surface area contributed by atoms with E-state index in [9.17, 15) is 13.2 Å². The zero-order valence-corrected chi connectivity index (χ0v) is 17.8. The van der Waals surface area contributed by atoms with Gasteiger partial charge in [-0.05, 0) is 58.2 Å². The Balaban J connectivity index is 2.32. The van der Waals surface area contributed by atoms with Crippen LogP contribution in [0.3, 0.4) is 0 Å². The molecule has 5 nitrogen and oxygen atoms in total. The van der Waals surface area contributed by atoms with Gasteiger partial charge in [-0.15, -0.1) is 0 Å². The van der Waals surface area contributed by atoms with Crippen LogP contribution in [0.1, 0.15) is 35.3 Å². The quantitative estimate of drug-likeness (QED) is 0.703. The molecular formula is C18H20BrClN2O3S. The molecule has 1 atom stereocenters. The Labute approximate surface area is 167 Å². The molecule has 0 radical (unpaired) electrons. The first-order valence-electron chi connectivity index (χ1n) is 7.95. The van der Waals surface area contributed by atoms with E-state index in [2.05, 4.69) is 21.2 Å². The molecule has 2 aromatic rings. The van der Waals surface area contributed by atoms with Gasteiger partial charge in [0.25, 0.3) is 5.91 Å². The summed E-state index contributed by atoms with van der Waals surface area (Å²) in [5.74, 6) is -0.348. The normalized spacial score (nSPS) is 12.8.